The standard InChI is InChI=1S/C25H30N2O3/c28-24(21-9-11-23(12-10-21)30-19-20-7-3-1-4-8-20)27-17-13-22(14-18-27)25(29)26-15-5-2-6-16-26/h1,3-4,7-12,22H,2,5-6,13-19H2. The van der Waals surface area contributed by atoms with Crippen LogP contribution in [-0.2, 0) is 11.4 Å². The molecule has 2 saturated heterocycles. The van der Waals surface area contributed by atoms with E-state index < -0.39 is 0 Å². The summed E-state index contributed by atoms with van der Waals surface area (Å²) in [7, 11) is 0. The van der Waals surface area contributed by atoms with E-state index in [2.05, 4.69) is 0 Å². The Balaban J connectivity index is 1.27. The van der Waals surface area contributed by atoms with E-state index in [9.17, 15) is 9.59 Å². The van der Waals surface area contributed by atoms with Crippen LogP contribution in [0.25, 0.3) is 0 Å². The van der Waals surface area contributed by atoms with Gasteiger partial charge in [-0.2, -0.15) is 0 Å². The first-order valence-electron chi connectivity index (χ1n) is 11.1. The number of likely N-dealkylation sites (tertiary alicyclic amines) is 2. The summed E-state index contributed by atoms with van der Waals surface area (Å²) >= 11 is 0. The van der Waals surface area contributed by atoms with Crippen molar-refractivity contribution in [2.45, 2.75) is 38.7 Å². The molecule has 0 spiro atoms. The minimum absolute atomic E-state index is 0.0356. The van der Waals surface area contributed by atoms with Gasteiger partial charge in [0.25, 0.3) is 5.91 Å². The number of amides is 2. The summed E-state index contributed by atoms with van der Waals surface area (Å²) in [5.74, 6) is 1.15. The molecule has 5 heteroatoms. The van der Waals surface area contributed by atoms with Crippen molar-refractivity contribution in [1.82, 2.24) is 9.80 Å². The maximum atomic E-state index is 12.9. The third kappa shape index (κ3) is 5.02. The highest BCUT2D eigenvalue weighted by Gasteiger charge is 2.31. The van der Waals surface area contributed by atoms with Crippen LogP contribution in [0.15, 0.2) is 54.6 Å². The summed E-state index contributed by atoms with van der Waals surface area (Å²) in [6, 6.07) is 17.4. The van der Waals surface area contributed by atoms with Crippen molar-refractivity contribution in [3.05, 3.63) is 65.7 Å². The smallest absolute Gasteiger partial charge is 0.253 e. The van der Waals surface area contributed by atoms with Crippen LogP contribution in [0, 0.1) is 5.92 Å². The molecule has 0 aliphatic carbocycles. The van der Waals surface area contributed by atoms with E-state index in [1.807, 2.05) is 64.4 Å². The van der Waals surface area contributed by atoms with E-state index in [0.29, 0.717) is 31.2 Å². The third-order valence-electron chi connectivity index (χ3n) is 6.15. The molecule has 2 aliphatic heterocycles. The molecule has 2 aromatic rings. The number of piperidine rings is 2. The molecule has 0 aromatic heterocycles. The van der Waals surface area contributed by atoms with Gasteiger partial charge in [-0.1, -0.05) is 30.3 Å². The first kappa shape index (κ1) is 20.5. The fourth-order valence-electron chi connectivity index (χ4n) is 4.32. The van der Waals surface area contributed by atoms with Gasteiger partial charge in [-0.05, 0) is 61.9 Å². The van der Waals surface area contributed by atoms with Crippen LogP contribution < -0.4 is 4.74 Å². The zero-order valence-corrected chi connectivity index (χ0v) is 17.5. The maximum Gasteiger partial charge on any atom is 0.253 e. The normalized spacial score (nSPS) is 17.6. The van der Waals surface area contributed by atoms with E-state index in [1.54, 1.807) is 0 Å². The van der Waals surface area contributed by atoms with Crippen LogP contribution in [0.4, 0.5) is 0 Å². The Morgan fingerprint density at radius 1 is 0.800 bits per heavy atom. The van der Waals surface area contributed by atoms with E-state index in [1.165, 1.54) is 6.42 Å². The van der Waals surface area contributed by atoms with Crippen LogP contribution >= 0.6 is 0 Å². The number of hydrogen-bond donors (Lipinski definition) is 0. The van der Waals surface area contributed by atoms with Crippen molar-refractivity contribution >= 4 is 11.8 Å². The lowest BCUT2D eigenvalue weighted by atomic mass is 9.94. The van der Waals surface area contributed by atoms with Crippen LogP contribution in [0.3, 0.4) is 0 Å². The summed E-state index contributed by atoms with van der Waals surface area (Å²) in [5, 5.41) is 0. The first-order chi connectivity index (χ1) is 14.7. The van der Waals surface area contributed by atoms with Crippen molar-refractivity contribution in [3.63, 3.8) is 0 Å². The van der Waals surface area contributed by atoms with Gasteiger partial charge < -0.3 is 14.5 Å². The second-order valence-electron chi connectivity index (χ2n) is 8.25. The highest BCUT2D eigenvalue weighted by atomic mass is 16.5. The molecular formula is C25H30N2O3. The number of benzene rings is 2. The second kappa shape index (κ2) is 9.79. The first-order valence-corrected chi connectivity index (χ1v) is 11.1. The SMILES string of the molecule is O=C(c1ccc(OCc2ccccc2)cc1)N1CCC(C(=O)N2CCCCC2)CC1. The highest BCUT2D eigenvalue weighted by Crippen LogP contribution is 2.23. The van der Waals surface area contributed by atoms with Gasteiger partial charge in [0.15, 0.2) is 0 Å². The maximum absolute atomic E-state index is 12.9. The quantitative estimate of drug-likeness (QED) is 0.750. The minimum atomic E-state index is 0.0356. The molecule has 2 heterocycles. The summed E-state index contributed by atoms with van der Waals surface area (Å²) in [6.07, 6.45) is 4.99. The Morgan fingerprint density at radius 2 is 1.47 bits per heavy atom. The van der Waals surface area contributed by atoms with Crippen molar-refractivity contribution in [3.8, 4) is 5.75 Å². The molecule has 0 bridgehead atoms. The summed E-state index contributed by atoms with van der Waals surface area (Å²) < 4.78 is 5.80. The summed E-state index contributed by atoms with van der Waals surface area (Å²) in [5.41, 5.74) is 1.78. The zero-order valence-electron chi connectivity index (χ0n) is 17.5. The molecule has 2 fully saturated rings. The fraction of sp³-hybridized carbons (Fsp3) is 0.440. The topological polar surface area (TPSA) is 49.9 Å². The van der Waals surface area contributed by atoms with Gasteiger partial charge >= 0.3 is 0 Å². The van der Waals surface area contributed by atoms with Crippen molar-refractivity contribution < 1.29 is 14.3 Å². The number of hydrogen-bond acceptors (Lipinski definition) is 3. The second-order valence-corrected chi connectivity index (χ2v) is 8.25. The van der Waals surface area contributed by atoms with Gasteiger partial charge in [0.1, 0.15) is 12.4 Å². The lowest BCUT2D eigenvalue weighted by Gasteiger charge is -2.35. The van der Waals surface area contributed by atoms with Gasteiger partial charge in [0.05, 0.1) is 0 Å². The predicted molar refractivity (Wildman–Crippen MR) is 116 cm³/mol. The number of nitrogens with zero attached hydrogens (tertiary/aromatic N) is 2. The number of rotatable bonds is 5. The molecule has 0 radical (unpaired) electrons. The minimum Gasteiger partial charge on any atom is -0.489 e. The fourth-order valence-corrected chi connectivity index (χ4v) is 4.32. The van der Waals surface area contributed by atoms with Crippen LogP contribution in [-0.4, -0.2) is 47.8 Å². The molecule has 0 atom stereocenters. The zero-order chi connectivity index (χ0) is 20.8. The van der Waals surface area contributed by atoms with Crippen LogP contribution in [0.5, 0.6) is 5.75 Å². The molecule has 0 N–H and O–H groups in total. The number of ether oxygens (including phenoxy) is 1. The molecule has 2 aliphatic rings. The molecule has 4 rings (SSSR count). The van der Waals surface area contributed by atoms with Crippen LogP contribution in [0.2, 0.25) is 0 Å². The Hall–Kier alpha value is -2.82. The summed E-state index contributed by atoms with van der Waals surface area (Å²) in [4.78, 5) is 29.5. The van der Waals surface area contributed by atoms with Gasteiger partial charge in [0, 0.05) is 37.7 Å². The van der Waals surface area contributed by atoms with Crippen molar-refractivity contribution in [1.29, 1.82) is 0 Å². The van der Waals surface area contributed by atoms with E-state index in [0.717, 1.165) is 50.1 Å². The average Bonchev–Trinajstić information content (AvgIpc) is 2.83. The predicted octanol–water partition coefficient (Wildman–Crippen LogP) is 4.13. The molecule has 158 valence electrons. The Morgan fingerprint density at radius 3 is 2.13 bits per heavy atom. The third-order valence-corrected chi connectivity index (χ3v) is 6.15. The Labute approximate surface area is 178 Å². The number of carbonyl (C=O) groups is 2. The van der Waals surface area contributed by atoms with Gasteiger partial charge in [0.2, 0.25) is 5.91 Å². The molecule has 2 aromatic carbocycles. The van der Waals surface area contributed by atoms with Gasteiger partial charge in [-0.3, -0.25) is 9.59 Å². The van der Waals surface area contributed by atoms with E-state index >= 15 is 0 Å². The van der Waals surface area contributed by atoms with Crippen molar-refractivity contribution in [2.75, 3.05) is 26.2 Å². The van der Waals surface area contributed by atoms with Gasteiger partial charge in [-0.15, -0.1) is 0 Å². The largest absolute Gasteiger partial charge is 0.489 e. The summed E-state index contributed by atoms with van der Waals surface area (Å²) in [6.45, 7) is 3.60. The molecule has 0 saturated carbocycles. The molecular weight excluding hydrogens is 376 g/mol. The van der Waals surface area contributed by atoms with E-state index in [-0.39, 0.29) is 11.8 Å². The molecule has 30 heavy (non-hydrogen) atoms. The van der Waals surface area contributed by atoms with E-state index in [4.69, 9.17) is 4.74 Å². The Bertz CT molecular complexity index is 836. The molecule has 0 unspecified atom stereocenters. The lowest BCUT2D eigenvalue weighted by molar-refractivity contribution is -0.137. The number of carbonyl (C=O) groups excluding carboxylic acids is 2. The molecule has 2 amide bonds. The monoisotopic (exact) mass is 406 g/mol. The highest BCUT2D eigenvalue weighted by molar-refractivity contribution is 5.94. The van der Waals surface area contributed by atoms with Crippen molar-refractivity contribution in [2.24, 2.45) is 5.92 Å². The van der Waals surface area contributed by atoms with Crippen LogP contribution in [0.1, 0.15) is 48.0 Å². The van der Waals surface area contributed by atoms with Gasteiger partial charge in [-0.25, -0.2) is 0 Å². The molecule has 5 nitrogen and oxygen atoms in total. The average molecular weight is 407 g/mol. The lowest BCUT2D eigenvalue weighted by Crippen LogP contribution is -2.45. The Kier molecular flexibility index (Phi) is 6.67.